The number of hydrogen-bond donors (Lipinski definition) is 3. The smallest absolute Gasteiger partial charge is 0.264 e. The largest absolute Gasteiger partial charge is 0.491 e. The number of rotatable bonds is 8. The van der Waals surface area contributed by atoms with Crippen molar-refractivity contribution in [3.8, 4) is 5.75 Å². The lowest BCUT2D eigenvalue weighted by Crippen LogP contribution is -2.41. The van der Waals surface area contributed by atoms with Gasteiger partial charge in [0, 0.05) is 6.54 Å². The van der Waals surface area contributed by atoms with Crippen LogP contribution in [0.5, 0.6) is 5.75 Å². The molecule has 1 aromatic carbocycles. The average Bonchev–Trinajstić information content (AvgIpc) is 3.04. The van der Waals surface area contributed by atoms with Crippen molar-refractivity contribution in [3.05, 3.63) is 57.5 Å². The van der Waals surface area contributed by atoms with E-state index in [4.69, 9.17) is 4.74 Å². The zero-order valence-corrected chi connectivity index (χ0v) is 16.1. The summed E-state index contributed by atoms with van der Waals surface area (Å²) in [5.41, 5.74) is 0.236. The van der Waals surface area contributed by atoms with Gasteiger partial charge in [-0.3, -0.25) is 9.59 Å². The second kappa shape index (κ2) is 8.96. The van der Waals surface area contributed by atoms with Crippen molar-refractivity contribution in [2.75, 3.05) is 26.3 Å². The molecule has 0 aliphatic carbocycles. The van der Waals surface area contributed by atoms with Crippen LogP contribution in [0.4, 0.5) is 0 Å². The number of hydrogen-bond acceptors (Lipinski definition) is 7. The average molecular weight is 403 g/mol. The lowest BCUT2D eigenvalue weighted by Gasteiger charge is -2.24. The van der Waals surface area contributed by atoms with Gasteiger partial charge in [-0.15, -0.1) is 11.3 Å². The Hall–Kier alpha value is -2.75. The first-order valence-electron chi connectivity index (χ1n) is 8.74. The number of H-pyrrole nitrogens is 1. The van der Waals surface area contributed by atoms with Crippen molar-refractivity contribution >= 4 is 27.5 Å². The normalized spacial score (nSPS) is 12.1. The van der Waals surface area contributed by atoms with Crippen LogP contribution in [-0.4, -0.2) is 63.4 Å². The monoisotopic (exact) mass is 403 g/mol. The molecular weight excluding hydrogens is 382 g/mol. The first-order chi connectivity index (χ1) is 13.5. The van der Waals surface area contributed by atoms with Crippen molar-refractivity contribution < 1.29 is 19.7 Å². The van der Waals surface area contributed by atoms with E-state index < -0.39 is 6.10 Å². The highest BCUT2D eigenvalue weighted by Crippen LogP contribution is 2.27. The fourth-order valence-electron chi connectivity index (χ4n) is 2.84. The quantitative estimate of drug-likeness (QED) is 0.520. The van der Waals surface area contributed by atoms with E-state index in [-0.39, 0.29) is 37.8 Å². The van der Waals surface area contributed by atoms with Crippen LogP contribution < -0.4 is 10.3 Å². The van der Waals surface area contributed by atoms with Crippen molar-refractivity contribution in [1.29, 1.82) is 0 Å². The molecule has 2 heterocycles. The van der Waals surface area contributed by atoms with Crippen LogP contribution in [0, 0.1) is 6.92 Å². The molecule has 0 aliphatic rings. The van der Waals surface area contributed by atoms with E-state index >= 15 is 0 Å². The van der Waals surface area contributed by atoms with Gasteiger partial charge >= 0.3 is 0 Å². The van der Waals surface area contributed by atoms with Gasteiger partial charge < -0.3 is 24.8 Å². The third-order valence-electron chi connectivity index (χ3n) is 4.20. The van der Waals surface area contributed by atoms with Gasteiger partial charge in [0.2, 0.25) is 0 Å². The molecule has 0 bridgehead atoms. The summed E-state index contributed by atoms with van der Waals surface area (Å²) < 4.78 is 5.52. The van der Waals surface area contributed by atoms with E-state index in [9.17, 15) is 19.8 Å². The number of nitrogens with one attached hydrogen (secondary N) is 1. The summed E-state index contributed by atoms with van der Waals surface area (Å²) in [4.78, 5) is 33.8. The van der Waals surface area contributed by atoms with Crippen molar-refractivity contribution in [1.82, 2.24) is 14.9 Å². The highest BCUT2D eigenvalue weighted by molar-refractivity contribution is 7.20. The number of carbonyl (C=O) groups excluding carboxylic acids is 1. The highest BCUT2D eigenvalue weighted by Gasteiger charge is 2.24. The number of amides is 1. The van der Waals surface area contributed by atoms with Gasteiger partial charge in [0.25, 0.3) is 11.5 Å². The lowest BCUT2D eigenvalue weighted by molar-refractivity contribution is 0.0462. The second-order valence-electron chi connectivity index (χ2n) is 6.22. The molecule has 3 aromatic rings. The van der Waals surface area contributed by atoms with Gasteiger partial charge in [0.15, 0.2) is 0 Å². The number of ether oxygens (including phenoxy) is 1. The number of thiophene rings is 1. The van der Waals surface area contributed by atoms with E-state index in [1.807, 2.05) is 18.2 Å². The second-order valence-corrected chi connectivity index (χ2v) is 7.22. The molecule has 9 heteroatoms. The van der Waals surface area contributed by atoms with E-state index in [0.29, 0.717) is 26.4 Å². The Bertz CT molecular complexity index is 1000. The minimum Gasteiger partial charge on any atom is -0.491 e. The minimum absolute atomic E-state index is 0.00580. The van der Waals surface area contributed by atoms with E-state index in [1.165, 1.54) is 11.2 Å². The molecule has 0 aliphatic heterocycles. The molecule has 8 nitrogen and oxygen atoms in total. The number of aryl methyl sites for hydroxylation is 1. The highest BCUT2D eigenvalue weighted by atomic mass is 32.1. The summed E-state index contributed by atoms with van der Waals surface area (Å²) >= 11 is 1.12. The molecule has 0 saturated heterocycles. The molecule has 0 spiro atoms. The number of aromatic amines is 1. The summed E-state index contributed by atoms with van der Waals surface area (Å²) in [6, 6.07) is 9.05. The molecule has 0 fully saturated rings. The molecule has 1 amide bonds. The van der Waals surface area contributed by atoms with Crippen LogP contribution in [0.15, 0.2) is 41.5 Å². The number of nitrogens with zero attached hydrogens (tertiary/aromatic N) is 2. The Morgan fingerprint density at radius 3 is 2.79 bits per heavy atom. The Labute approximate surface area is 165 Å². The topological polar surface area (TPSA) is 116 Å². The minimum atomic E-state index is -0.938. The van der Waals surface area contributed by atoms with Crippen LogP contribution in [0.25, 0.3) is 10.2 Å². The van der Waals surface area contributed by atoms with Gasteiger partial charge in [-0.2, -0.15) is 0 Å². The number of aliphatic hydroxyl groups is 2. The van der Waals surface area contributed by atoms with Gasteiger partial charge in [0.1, 0.15) is 23.3 Å². The number of aromatic nitrogens is 2. The number of fused-ring (bicyclic) bond motifs is 1. The molecule has 148 valence electrons. The summed E-state index contributed by atoms with van der Waals surface area (Å²) in [6.07, 6.45) is 0.359. The van der Waals surface area contributed by atoms with Gasteiger partial charge in [-0.05, 0) is 24.6 Å². The molecule has 3 rings (SSSR count). The van der Waals surface area contributed by atoms with E-state index in [1.54, 1.807) is 19.1 Å². The Morgan fingerprint density at radius 2 is 2.11 bits per heavy atom. The number of carbonyl (C=O) groups is 1. The third kappa shape index (κ3) is 4.38. The van der Waals surface area contributed by atoms with Crippen molar-refractivity contribution in [2.45, 2.75) is 13.0 Å². The summed E-state index contributed by atoms with van der Waals surface area (Å²) in [6.45, 7) is 1.49. The maximum atomic E-state index is 13.0. The predicted molar refractivity (Wildman–Crippen MR) is 106 cm³/mol. The molecule has 3 N–H and O–H groups in total. The predicted octanol–water partition coefficient (Wildman–Crippen LogP) is 1.17. The third-order valence-corrected chi connectivity index (χ3v) is 5.39. The molecular formula is C19H21N3O5S. The summed E-state index contributed by atoms with van der Waals surface area (Å²) in [7, 11) is 0. The Morgan fingerprint density at radius 1 is 1.36 bits per heavy atom. The van der Waals surface area contributed by atoms with Gasteiger partial charge in [-0.1, -0.05) is 18.2 Å². The summed E-state index contributed by atoms with van der Waals surface area (Å²) in [5.74, 6) is 0.250. The number of benzene rings is 1. The molecule has 1 atom stereocenters. The molecule has 0 unspecified atom stereocenters. The first kappa shape index (κ1) is 20.0. The fourth-order valence-corrected chi connectivity index (χ4v) is 3.96. The zero-order chi connectivity index (χ0) is 20.1. The standard InChI is InChI=1S/C19H21N3O5S/c1-12-15-17(25)20-11-21-18(15)28-16(12)19(26)22(7-8-23)9-13(24)10-27-14-5-3-2-4-6-14/h2-6,11,13,23-24H,7-10H2,1H3,(H,20,21,25)/t13-/m1/s1. The first-order valence-corrected chi connectivity index (χ1v) is 9.55. The fraction of sp³-hybridized carbons (Fsp3) is 0.316. The van der Waals surface area contributed by atoms with Crippen molar-refractivity contribution in [2.24, 2.45) is 0 Å². The molecule has 0 saturated carbocycles. The molecule has 0 radical (unpaired) electrons. The van der Waals surface area contributed by atoms with E-state index in [0.717, 1.165) is 11.3 Å². The van der Waals surface area contributed by atoms with Crippen LogP contribution >= 0.6 is 11.3 Å². The maximum absolute atomic E-state index is 13.0. The molecule has 2 aromatic heterocycles. The van der Waals surface area contributed by atoms with E-state index in [2.05, 4.69) is 9.97 Å². The summed E-state index contributed by atoms with van der Waals surface area (Å²) in [5, 5.41) is 20.0. The van der Waals surface area contributed by atoms with Crippen LogP contribution in [0.2, 0.25) is 0 Å². The lowest BCUT2D eigenvalue weighted by atomic mass is 10.2. The Balaban J connectivity index is 1.74. The number of aliphatic hydroxyl groups excluding tert-OH is 2. The Kier molecular flexibility index (Phi) is 6.40. The number of para-hydroxylation sites is 1. The molecule has 28 heavy (non-hydrogen) atoms. The van der Waals surface area contributed by atoms with Crippen LogP contribution in [-0.2, 0) is 0 Å². The van der Waals surface area contributed by atoms with Crippen molar-refractivity contribution in [3.63, 3.8) is 0 Å². The zero-order valence-electron chi connectivity index (χ0n) is 15.3. The van der Waals surface area contributed by atoms with Gasteiger partial charge in [0.05, 0.1) is 29.7 Å². The maximum Gasteiger partial charge on any atom is 0.264 e. The van der Waals surface area contributed by atoms with Crippen LogP contribution in [0.1, 0.15) is 15.2 Å². The SMILES string of the molecule is Cc1c(C(=O)N(CCO)C[C@@H](O)COc2ccccc2)sc2nc[nH]c(=O)c12. The van der Waals surface area contributed by atoms with Crippen LogP contribution in [0.3, 0.4) is 0 Å². The van der Waals surface area contributed by atoms with Gasteiger partial charge in [-0.25, -0.2) is 4.98 Å².